The number of imidazole rings is 1. The third-order valence-corrected chi connectivity index (χ3v) is 11.0. The fraction of sp³-hybridized carbons (Fsp3) is 0.0682. The van der Waals surface area contributed by atoms with Gasteiger partial charge in [-0.1, -0.05) is 96.6 Å². The van der Waals surface area contributed by atoms with Gasteiger partial charge in [-0.3, -0.25) is 0 Å². The molecule has 0 spiro atoms. The van der Waals surface area contributed by atoms with Crippen molar-refractivity contribution in [3.05, 3.63) is 145 Å². The van der Waals surface area contributed by atoms with Crippen LogP contribution in [0.4, 0.5) is 11.4 Å². The first-order valence-corrected chi connectivity index (χ1v) is 17.1. The Morgan fingerprint density at radius 2 is 1.37 bits per heavy atom. The van der Waals surface area contributed by atoms with Crippen molar-refractivity contribution < 1.29 is 0 Å². The standard InChI is InChI=1S/C44H31BN4/c1-26-17-19-31(20-18-26)49-37-16-10-9-15-32(37)33-21-27(2)41-34-22-29-13-7-8-14-30(29)23-38(34)48-39-25-40-36(24-35(39)45(49)42(33)43(41)48)46-44(47(40)3)28-11-5-4-6-12-28/h4-25H,1-3H3. The van der Waals surface area contributed by atoms with Crippen molar-refractivity contribution >= 4 is 72.8 Å². The van der Waals surface area contributed by atoms with E-state index in [4.69, 9.17) is 4.98 Å². The molecule has 2 aliphatic rings. The maximum Gasteiger partial charge on any atom is 0.333 e. The lowest BCUT2D eigenvalue weighted by Gasteiger charge is -2.42. The van der Waals surface area contributed by atoms with Crippen LogP contribution in [0.1, 0.15) is 11.1 Å². The quantitative estimate of drug-likeness (QED) is 0.179. The highest BCUT2D eigenvalue weighted by Gasteiger charge is 2.44. The third kappa shape index (κ3) is 3.52. The SMILES string of the molecule is Cc1ccc(N2B3c4cc5nc(-c6ccccc6)n(C)c5cc4-n4c5cc6ccccc6cc5c5c(C)cc(c3c54)-c3ccccc32)cc1. The van der Waals surface area contributed by atoms with Crippen LogP contribution in [0.15, 0.2) is 133 Å². The van der Waals surface area contributed by atoms with Crippen LogP contribution in [0.5, 0.6) is 0 Å². The number of hydrogen-bond donors (Lipinski definition) is 0. The Morgan fingerprint density at radius 1 is 0.633 bits per heavy atom. The van der Waals surface area contributed by atoms with Gasteiger partial charge in [0.25, 0.3) is 0 Å². The first-order chi connectivity index (χ1) is 24.0. The lowest BCUT2D eigenvalue weighted by Crippen LogP contribution is -2.60. The molecule has 9 aromatic rings. The Balaban J connectivity index is 1.34. The van der Waals surface area contributed by atoms with E-state index in [0.29, 0.717) is 0 Å². The van der Waals surface area contributed by atoms with E-state index in [0.717, 1.165) is 22.4 Å². The molecule has 0 fully saturated rings. The van der Waals surface area contributed by atoms with E-state index in [1.807, 2.05) is 0 Å². The monoisotopic (exact) mass is 626 g/mol. The zero-order chi connectivity index (χ0) is 32.5. The first kappa shape index (κ1) is 26.9. The van der Waals surface area contributed by atoms with Crippen molar-refractivity contribution in [2.24, 2.45) is 7.05 Å². The second-order valence-corrected chi connectivity index (χ2v) is 13.8. The van der Waals surface area contributed by atoms with Crippen molar-refractivity contribution in [1.29, 1.82) is 0 Å². The highest BCUT2D eigenvalue weighted by Crippen LogP contribution is 2.46. The van der Waals surface area contributed by atoms with Crippen molar-refractivity contribution in [3.63, 3.8) is 0 Å². The summed E-state index contributed by atoms with van der Waals surface area (Å²) < 4.78 is 4.83. The van der Waals surface area contributed by atoms with E-state index in [2.05, 4.69) is 168 Å². The molecule has 2 aliphatic heterocycles. The van der Waals surface area contributed by atoms with Gasteiger partial charge in [0, 0.05) is 46.0 Å². The van der Waals surface area contributed by atoms with E-state index < -0.39 is 0 Å². The maximum atomic E-state index is 5.30. The molecule has 0 bridgehead atoms. The number of para-hydroxylation sites is 1. The van der Waals surface area contributed by atoms with Crippen LogP contribution >= 0.6 is 0 Å². The second kappa shape index (κ2) is 9.52. The molecule has 0 saturated carbocycles. The largest absolute Gasteiger partial charge is 0.376 e. The van der Waals surface area contributed by atoms with Gasteiger partial charge in [0.1, 0.15) is 5.82 Å². The molecule has 0 atom stereocenters. The molecule has 4 nitrogen and oxygen atoms in total. The summed E-state index contributed by atoms with van der Waals surface area (Å²) in [5, 5.41) is 5.16. The van der Waals surface area contributed by atoms with Crippen LogP contribution in [0.25, 0.3) is 71.8 Å². The number of fused-ring (bicyclic) bond motifs is 10. The van der Waals surface area contributed by atoms with Gasteiger partial charge in [0.2, 0.25) is 0 Å². The molecule has 0 N–H and O–H groups in total. The molecule has 230 valence electrons. The normalized spacial score (nSPS) is 13.1. The molecule has 0 amide bonds. The summed E-state index contributed by atoms with van der Waals surface area (Å²) in [6, 6.07) is 49.3. The van der Waals surface area contributed by atoms with Crippen LogP contribution in [0.2, 0.25) is 0 Å². The average molecular weight is 627 g/mol. The topological polar surface area (TPSA) is 26.0 Å². The summed E-state index contributed by atoms with van der Waals surface area (Å²) in [6.07, 6.45) is 0. The van der Waals surface area contributed by atoms with E-state index in [1.165, 1.54) is 82.8 Å². The van der Waals surface area contributed by atoms with Gasteiger partial charge in [-0.05, 0) is 89.1 Å². The number of rotatable bonds is 2. The lowest BCUT2D eigenvalue weighted by molar-refractivity contribution is 0.958. The number of aryl methyl sites for hydroxylation is 3. The zero-order valence-electron chi connectivity index (χ0n) is 27.6. The van der Waals surface area contributed by atoms with Crippen LogP contribution < -0.4 is 15.7 Å². The number of nitrogens with zero attached hydrogens (tertiary/aromatic N) is 4. The van der Waals surface area contributed by atoms with E-state index >= 15 is 0 Å². The van der Waals surface area contributed by atoms with E-state index in [9.17, 15) is 0 Å². The van der Waals surface area contributed by atoms with Crippen molar-refractivity contribution in [2.45, 2.75) is 13.8 Å². The molecule has 4 heterocycles. The predicted octanol–water partition coefficient (Wildman–Crippen LogP) is 9.35. The first-order valence-electron chi connectivity index (χ1n) is 17.1. The zero-order valence-corrected chi connectivity index (χ0v) is 27.6. The van der Waals surface area contributed by atoms with Crippen molar-refractivity contribution in [2.75, 3.05) is 4.81 Å². The molecule has 0 unspecified atom stereocenters. The number of benzene rings is 7. The minimum Gasteiger partial charge on any atom is -0.376 e. The number of hydrogen-bond acceptors (Lipinski definition) is 2. The van der Waals surface area contributed by atoms with Crippen LogP contribution in [0.3, 0.4) is 0 Å². The average Bonchev–Trinajstić information content (AvgIpc) is 3.64. The fourth-order valence-electron chi connectivity index (χ4n) is 8.84. The second-order valence-electron chi connectivity index (χ2n) is 13.8. The molecule has 2 aromatic heterocycles. The Morgan fingerprint density at radius 3 is 2.18 bits per heavy atom. The summed E-state index contributed by atoms with van der Waals surface area (Å²) in [7, 11) is 2.15. The van der Waals surface area contributed by atoms with Gasteiger partial charge < -0.3 is 13.9 Å². The molecule has 5 heteroatoms. The molecule has 0 saturated heterocycles. The molecular weight excluding hydrogens is 595 g/mol. The van der Waals surface area contributed by atoms with Crippen LogP contribution in [-0.4, -0.2) is 21.0 Å². The summed E-state index contributed by atoms with van der Waals surface area (Å²) in [6.45, 7) is 4.42. The predicted molar refractivity (Wildman–Crippen MR) is 207 cm³/mol. The number of aromatic nitrogens is 3. The summed E-state index contributed by atoms with van der Waals surface area (Å²) >= 11 is 0. The molecule has 11 rings (SSSR count). The van der Waals surface area contributed by atoms with Gasteiger partial charge in [0.05, 0.1) is 22.1 Å². The minimum absolute atomic E-state index is 0.0384. The highest BCUT2D eigenvalue weighted by molar-refractivity contribution is 6.93. The molecular formula is C44H31BN4. The fourth-order valence-corrected chi connectivity index (χ4v) is 8.84. The highest BCUT2D eigenvalue weighted by atomic mass is 15.1. The lowest BCUT2D eigenvalue weighted by atomic mass is 9.44. The number of anilines is 2. The smallest absolute Gasteiger partial charge is 0.333 e. The van der Waals surface area contributed by atoms with Gasteiger partial charge in [-0.25, -0.2) is 4.98 Å². The Bertz CT molecular complexity index is 2860. The maximum absolute atomic E-state index is 5.30. The van der Waals surface area contributed by atoms with Crippen molar-refractivity contribution in [3.8, 4) is 28.2 Å². The molecule has 0 radical (unpaired) electrons. The Kier molecular flexibility index (Phi) is 5.23. The molecule has 49 heavy (non-hydrogen) atoms. The summed E-state index contributed by atoms with van der Waals surface area (Å²) in [5.41, 5.74) is 17.2. The van der Waals surface area contributed by atoms with Gasteiger partial charge >= 0.3 is 6.85 Å². The Labute approximate surface area is 284 Å². The van der Waals surface area contributed by atoms with Crippen molar-refractivity contribution in [1.82, 2.24) is 14.1 Å². The summed E-state index contributed by atoms with van der Waals surface area (Å²) in [4.78, 5) is 7.88. The van der Waals surface area contributed by atoms with E-state index in [-0.39, 0.29) is 6.85 Å². The van der Waals surface area contributed by atoms with Gasteiger partial charge in [0.15, 0.2) is 0 Å². The third-order valence-electron chi connectivity index (χ3n) is 11.0. The minimum atomic E-state index is -0.0384. The Hall–Kier alpha value is -6.07. The van der Waals surface area contributed by atoms with Crippen LogP contribution in [0, 0.1) is 13.8 Å². The van der Waals surface area contributed by atoms with Crippen LogP contribution in [-0.2, 0) is 7.05 Å². The van der Waals surface area contributed by atoms with Gasteiger partial charge in [-0.2, -0.15) is 0 Å². The van der Waals surface area contributed by atoms with Gasteiger partial charge in [-0.15, -0.1) is 0 Å². The van der Waals surface area contributed by atoms with E-state index in [1.54, 1.807) is 0 Å². The molecule has 0 aliphatic carbocycles. The molecule has 7 aromatic carbocycles. The summed E-state index contributed by atoms with van der Waals surface area (Å²) in [5.74, 6) is 0.977.